The molecule has 5 heteroatoms. The summed E-state index contributed by atoms with van der Waals surface area (Å²) >= 11 is 0. The van der Waals surface area contributed by atoms with E-state index in [2.05, 4.69) is 0 Å². The predicted molar refractivity (Wildman–Crippen MR) is 63.4 cm³/mol. The highest BCUT2D eigenvalue weighted by Crippen LogP contribution is 2.23. The van der Waals surface area contributed by atoms with E-state index in [0.717, 1.165) is 0 Å². The predicted octanol–water partition coefficient (Wildman–Crippen LogP) is 2.03. The molecule has 0 radical (unpaired) electrons. The molecule has 0 aromatic heterocycles. The van der Waals surface area contributed by atoms with Crippen LogP contribution in [0.15, 0.2) is 18.2 Å². The fourth-order valence-corrected chi connectivity index (χ4v) is 1.37. The molecule has 0 saturated carbocycles. The Morgan fingerprint density at radius 2 is 2.12 bits per heavy atom. The van der Waals surface area contributed by atoms with Gasteiger partial charge in [-0.15, -0.1) is 12.4 Å². The molecule has 0 amide bonds. The van der Waals surface area contributed by atoms with Crippen molar-refractivity contribution in [3.8, 4) is 5.75 Å². The van der Waals surface area contributed by atoms with Gasteiger partial charge in [0.15, 0.2) is 11.6 Å². The highest BCUT2D eigenvalue weighted by molar-refractivity contribution is 5.85. The number of rotatable bonds is 4. The maximum atomic E-state index is 13.3. The quantitative estimate of drug-likeness (QED) is 0.859. The van der Waals surface area contributed by atoms with E-state index < -0.39 is 18.0 Å². The average Bonchev–Trinajstić information content (AvgIpc) is 2.26. The maximum Gasteiger partial charge on any atom is 0.165 e. The van der Waals surface area contributed by atoms with Crippen LogP contribution in [0.4, 0.5) is 4.39 Å². The van der Waals surface area contributed by atoms with Gasteiger partial charge in [0.2, 0.25) is 0 Å². The zero-order valence-corrected chi connectivity index (χ0v) is 10.1. The van der Waals surface area contributed by atoms with Gasteiger partial charge in [0.25, 0.3) is 0 Å². The van der Waals surface area contributed by atoms with Gasteiger partial charge in [0.05, 0.1) is 19.3 Å². The molecule has 3 N–H and O–H groups in total. The van der Waals surface area contributed by atoms with Crippen molar-refractivity contribution in [2.75, 3.05) is 7.11 Å². The van der Waals surface area contributed by atoms with Gasteiger partial charge in [0, 0.05) is 0 Å². The molecular weight excluding hydrogens is 233 g/mol. The number of halogens is 2. The summed E-state index contributed by atoms with van der Waals surface area (Å²) in [5.41, 5.74) is 6.32. The van der Waals surface area contributed by atoms with Gasteiger partial charge in [-0.2, -0.15) is 0 Å². The molecule has 0 aliphatic rings. The van der Waals surface area contributed by atoms with Crippen molar-refractivity contribution in [3.63, 3.8) is 0 Å². The van der Waals surface area contributed by atoms with Crippen molar-refractivity contribution in [2.24, 2.45) is 5.73 Å². The largest absolute Gasteiger partial charge is 0.494 e. The van der Waals surface area contributed by atoms with Crippen LogP contribution < -0.4 is 10.5 Å². The lowest BCUT2D eigenvalue weighted by Crippen LogP contribution is -2.25. The molecule has 0 aliphatic carbocycles. The monoisotopic (exact) mass is 249 g/mol. The Kier molecular flexibility index (Phi) is 6.33. The van der Waals surface area contributed by atoms with Gasteiger partial charge in [-0.05, 0) is 24.1 Å². The Labute approximate surface area is 101 Å². The summed E-state index contributed by atoms with van der Waals surface area (Å²) in [4.78, 5) is 0. The van der Waals surface area contributed by atoms with Crippen molar-refractivity contribution in [1.29, 1.82) is 0 Å². The number of ether oxygens (including phenoxy) is 1. The summed E-state index contributed by atoms with van der Waals surface area (Å²) in [6.07, 6.45) is -0.118. The number of aliphatic hydroxyl groups excluding tert-OH is 1. The molecular formula is C11H17ClFNO2. The Morgan fingerprint density at radius 1 is 1.50 bits per heavy atom. The van der Waals surface area contributed by atoms with Gasteiger partial charge in [-0.3, -0.25) is 0 Å². The molecule has 1 aromatic carbocycles. The third-order valence-corrected chi connectivity index (χ3v) is 2.39. The number of benzene rings is 1. The smallest absolute Gasteiger partial charge is 0.165 e. The topological polar surface area (TPSA) is 55.5 Å². The first-order valence-electron chi connectivity index (χ1n) is 4.87. The van der Waals surface area contributed by atoms with Crippen molar-refractivity contribution in [3.05, 3.63) is 29.6 Å². The average molecular weight is 250 g/mol. The molecule has 16 heavy (non-hydrogen) atoms. The first-order valence-corrected chi connectivity index (χ1v) is 4.87. The van der Waals surface area contributed by atoms with Crippen LogP contribution in [-0.2, 0) is 0 Å². The molecule has 0 spiro atoms. The minimum Gasteiger partial charge on any atom is -0.494 e. The van der Waals surface area contributed by atoms with E-state index in [4.69, 9.17) is 10.5 Å². The lowest BCUT2D eigenvalue weighted by Gasteiger charge is -2.18. The zero-order valence-electron chi connectivity index (χ0n) is 9.31. The van der Waals surface area contributed by atoms with Crippen LogP contribution in [0.1, 0.15) is 24.9 Å². The van der Waals surface area contributed by atoms with E-state index in [0.29, 0.717) is 12.0 Å². The molecule has 0 fully saturated rings. The van der Waals surface area contributed by atoms with Gasteiger partial charge in [-0.1, -0.05) is 13.0 Å². The molecule has 1 aromatic rings. The molecule has 1 rings (SSSR count). The van der Waals surface area contributed by atoms with Crippen LogP contribution in [0.3, 0.4) is 0 Å². The second-order valence-electron chi connectivity index (χ2n) is 3.40. The normalized spacial score (nSPS) is 13.8. The summed E-state index contributed by atoms with van der Waals surface area (Å²) in [5, 5.41) is 9.52. The van der Waals surface area contributed by atoms with Crippen molar-refractivity contribution in [1.82, 2.24) is 0 Å². The standard InChI is InChI=1S/C11H16FNO2.ClH/c1-3-9(14)11(13)7-4-5-10(15-2)8(12)6-7;/h4-6,9,11,14H,3,13H2,1-2H3;1H/t9-,11+;/m0./s1. The fraction of sp³-hybridized carbons (Fsp3) is 0.455. The van der Waals surface area contributed by atoms with Gasteiger partial charge >= 0.3 is 0 Å². The first-order chi connectivity index (χ1) is 7.10. The lowest BCUT2D eigenvalue weighted by molar-refractivity contribution is 0.140. The van der Waals surface area contributed by atoms with Gasteiger partial charge < -0.3 is 15.6 Å². The van der Waals surface area contributed by atoms with E-state index in [1.54, 1.807) is 6.07 Å². The summed E-state index contributed by atoms with van der Waals surface area (Å²) in [6.45, 7) is 1.82. The van der Waals surface area contributed by atoms with Gasteiger partial charge in [-0.25, -0.2) is 4.39 Å². The van der Waals surface area contributed by atoms with Crippen LogP contribution in [0, 0.1) is 5.82 Å². The molecule has 2 atom stereocenters. The highest BCUT2D eigenvalue weighted by Gasteiger charge is 2.16. The second-order valence-corrected chi connectivity index (χ2v) is 3.40. The van der Waals surface area contributed by atoms with Crippen molar-refractivity contribution < 1.29 is 14.2 Å². The lowest BCUT2D eigenvalue weighted by atomic mass is 10.0. The fourth-order valence-electron chi connectivity index (χ4n) is 1.37. The number of hydrogen-bond acceptors (Lipinski definition) is 3. The minimum absolute atomic E-state index is 0. The summed E-state index contributed by atoms with van der Waals surface area (Å²) in [7, 11) is 1.40. The summed E-state index contributed by atoms with van der Waals surface area (Å²) in [6, 6.07) is 3.90. The number of aliphatic hydroxyl groups is 1. The SMILES string of the molecule is CC[C@H](O)[C@H](N)c1ccc(OC)c(F)c1.Cl. The molecule has 0 saturated heterocycles. The number of nitrogens with two attached hydrogens (primary N) is 1. The molecule has 0 aliphatic heterocycles. The summed E-state index contributed by atoms with van der Waals surface area (Å²) < 4.78 is 18.1. The molecule has 0 unspecified atom stereocenters. The number of hydrogen-bond donors (Lipinski definition) is 2. The third kappa shape index (κ3) is 3.33. The second kappa shape index (κ2) is 6.68. The van der Waals surface area contributed by atoms with Crippen LogP contribution in [0.5, 0.6) is 5.75 Å². The van der Waals surface area contributed by atoms with Crippen LogP contribution >= 0.6 is 12.4 Å². The van der Waals surface area contributed by atoms with Gasteiger partial charge in [0.1, 0.15) is 0 Å². The highest BCUT2D eigenvalue weighted by atomic mass is 35.5. The van der Waals surface area contributed by atoms with Crippen LogP contribution in [-0.4, -0.2) is 18.3 Å². The maximum absolute atomic E-state index is 13.3. The van der Waals surface area contributed by atoms with Crippen LogP contribution in [0.2, 0.25) is 0 Å². The number of methoxy groups -OCH3 is 1. The molecule has 92 valence electrons. The molecule has 0 heterocycles. The van der Waals surface area contributed by atoms with Crippen molar-refractivity contribution >= 4 is 12.4 Å². The van der Waals surface area contributed by atoms with E-state index >= 15 is 0 Å². The van der Waals surface area contributed by atoms with E-state index in [1.165, 1.54) is 19.2 Å². The van der Waals surface area contributed by atoms with Crippen LogP contribution in [0.25, 0.3) is 0 Å². The van der Waals surface area contributed by atoms with E-state index in [1.807, 2.05) is 6.92 Å². The third-order valence-electron chi connectivity index (χ3n) is 2.39. The Bertz CT molecular complexity index is 336. The Morgan fingerprint density at radius 3 is 2.56 bits per heavy atom. The molecule has 3 nitrogen and oxygen atoms in total. The van der Waals surface area contributed by atoms with E-state index in [9.17, 15) is 9.50 Å². The minimum atomic E-state index is -0.655. The van der Waals surface area contributed by atoms with Crippen molar-refractivity contribution in [2.45, 2.75) is 25.5 Å². The zero-order chi connectivity index (χ0) is 11.4. The Hall–Kier alpha value is -0.840. The summed E-state index contributed by atoms with van der Waals surface area (Å²) in [5.74, 6) is -0.286. The first kappa shape index (κ1) is 15.2. The molecule has 0 bridgehead atoms. The Balaban J connectivity index is 0.00000225. The van der Waals surface area contributed by atoms with E-state index in [-0.39, 0.29) is 18.2 Å².